The summed E-state index contributed by atoms with van der Waals surface area (Å²) in [6, 6.07) is 0. The Morgan fingerprint density at radius 3 is 2.26 bits per heavy atom. The van der Waals surface area contributed by atoms with E-state index in [1.807, 2.05) is 19.0 Å². The molecular weight excluding hydrogens is 298 g/mol. The molecule has 0 aromatic heterocycles. The molecule has 0 radical (unpaired) electrons. The predicted molar refractivity (Wildman–Crippen MR) is 87.0 cm³/mol. The van der Waals surface area contributed by atoms with Gasteiger partial charge in [0.25, 0.3) is 0 Å². The average molecular weight is 327 g/mol. The molecule has 1 fully saturated rings. The first-order valence-electron chi connectivity index (χ1n) is 8.23. The van der Waals surface area contributed by atoms with Crippen LogP contribution in [0.25, 0.3) is 0 Å². The Hall–Kier alpha value is -1.63. The maximum atomic E-state index is 12.0. The van der Waals surface area contributed by atoms with Crippen LogP contribution in [0.5, 0.6) is 0 Å². The van der Waals surface area contributed by atoms with Gasteiger partial charge in [-0.15, -0.1) is 0 Å². The molecule has 0 aromatic carbocycles. The van der Waals surface area contributed by atoms with Gasteiger partial charge in [-0.25, -0.2) is 0 Å². The second-order valence-corrected chi connectivity index (χ2v) is 6.74. The minimum absolute atomic E-state index is 0.0250. The Morgan fingerprint density at radius 1 is 1.04 bits per heavy atom. The standard InChI is InChI=1S/C16H29N3O4/c1-19(2)9-5-8-17-14(21)12-18-13(20)10-16(11-15(22)23)6-3-4-7-16/h3-12H2,1-2H3,(H,17,21)(H,18,20)(H,22,23). The van der Waals surface area contributed by atoms with Gasteiger partial charge in [0, 0.05) is 13.0 Å². The van der Waals surface area contributed by atoms with Crippen LogP contribution >= 0.6 is 0 Å². The predicted octanol–water partition coefficient (Wildman–Crippen LogP) is 0.596. The molecule has 0 heterocycles. The van der Waals surface area contributed by atoms with Crippen LogP contribution in [-0.4, -0.2) is 61.5 Å². The first kappa shape index (κ1) is 19.4. The summed E-state index contributed by atoms with van der Waals surface area (Å²) in [5.74, 6) is -1.31. The molecule has 0 spiro atoms. The van der Waals surface area contributed by atoms with Crippen LogP contribution in [0.3, 0.4) is 0 Å². The number of hydrogen-bond donors (Lipinski definition) is 3. The summed E-state index contributed by atoms with van der Waals surface area (Å²) in [6.45, 7) is 1.42. The third kappa shape index (κ3) is 7.97. The van der Waals surface area contributed by atoms with Gasteiger partial charge in [0.1, 0.15) is 0 Å². The number of carbonyl (C=O) groups is 3. The number of nitrogens with zero attached hydrogens (tertiary/aromatic N) is 1. The maximum Gasteiger partial charge on any atom is 0.303 e. The van der Waals surface area contributed by atoms with E-state index < -0.39 is 11.4 Å². The highest BCUT2D eigenvalue weighted by Crippen LogP contribution is 2.43. The summed E-state index contributed by atoms with van der Waals surface area (Å²) in [7, 11) is 3.94. The van der Waals surface area contributed by atoms with E-state index in [1.54, 1.807) is 0 Å². The normalized spacial score (nSPS) is 16.3. The van der Waals surface area contributed by atoms with E-state index in [4.69, 9.17) is 5.11 Å². The molecule has 0 bridgehead atoms. The van der Waals surface area contributed by atoms with Gasteiger partial charge in [-0.1, -0.05) is 12.8 Å². The average Bonchev–Trinajstić information content (AvgIpc) is 2.88. The van der Waals surface area contributed by atoms with Crippen molar-refractivity contribution >= 4 is 17.8 Å². The van der Waals surface area contributed by atoms with Gasteiger partial charge in [0.15, 0.2) is 0 Å². The molecule has 2 amide bonds. The molecule has 7 heteroatoms. The van der Waals surface area contributed by atoms with Gasteiger partial charge >= 0.3 is 5.97 Å². The van der Waals surface area contributed by atoms with Gasteiger partial charge in [-0.2, -0.15) is 0 Å². The summed E-state index contributed by atoms with van der Waals surface area (Å²) < 4.78 is 0. The second-order valence-electron chi connectivity index (χ2n) is 6.74. The van der Waals surface area contributed by atoms with Crippen LogP contribution in [0.2, 0.25) is 0 Å². The monoisotopic (exact) mass is 327 g/mol. The molecular formula is C16H29N3O4. The molecule has 3 N–H and O–H groups in total. The molecule has 0 saturated heterocycles. The van der Waals surface area contributed by atoms with Crippen molar-refractivity contribution in [1.82, 2.24) is 15.5 Å². The molecule has 0 aliphatic heterocycles. The SMILES string of the molecule is CN(C)CCCNC(=O)CNC(=O)CC1(CC(=O)O)CCCC1. The summed E-state index contributed by atoms with van der Waals surface area (Å²) in [4.78, 5) is 36.7. The highest BCUT2D eigenvalue weighted by atomic mass is 16.4. The van der Waals surface area contributed by atoms with Crippen molar-refractivity contribution in [2.45, 2.75) is 44.9 Å². The van der Waals surface area contributed by atoms with Gasteiger partial charge < -0.3 is 20.6 Å². The van der Waals surface area contributed by atoms with Crippen molar-refractivity contribution in [3.8, 4) is 0 Å². The first-order valence-corrected chi connectivity index (χ1v) is 8.23. The van der Waals surface area contributed by atoms with Crippen molar-refractivity contribution in [2.75, 3.05) is 33.7 Å². The molecule has 0 unspecified atom stereocenters. The van der Waals surface area contributed by atoms with Crippen LogP contribution in [-0.2, 0) is 14.4 Å². The zero-order chi connectivity index (χ0) is 17.3. The lowest BCUT2D eigenvalue weighted by atomic mass is 9.79. The lowest BCUT2D eigenvalue weighted by molar-refractivity contribution is -0.140. The Kier molecular flexibility index (Phi) is 8.02. The smallest absolute Gasteiger partial charge is 0.303 e. The number of carboxylic acids is 1. The quantitative estimate of drug-likeness (QED) is 0.510. The van der Waals surface area contributed by atoms with E-state index in [9.17, 15) is 14.4 Å². The van der Waals surface area contributed by atoms with Gasteiger partial charge in [-0.05, 0) is 45.3 Å². The van der Waals surface area contributed by atoms with E-state index in [-0.39, 0.29) is 31.2 Å². The number of hydrogen-bond acceptors (Lipinski definition) is 4. The van der Waals surface area contributed by atoms with E-state index in [0.29, 0.717) is 6.54 Å². The Bertz CT molecular complexity index is 418. The van der Waals surface area contributed by atoms with Crippen molar-refractivity contribution in [1.29, 1.82) is 0 Å². The van der Waals surface area contributed by atoms with Crippen molar-refractivity contribution in [2.24, 2.45) is 5.41 Å². The van der Waals surface area contributed by atoms with Crippen LogP contribution in [0, 0.1) is 5.41 Å². The van der Waals surface area contributed by atoms with Crippen molar-refractivity contribution in [3.05, 3.63) is 0 Å². The van der Waals surface area contributed by atoms with E-state index >= 15 is 0 Å². The summed E-state index contributed by atoms with van der Waals surface area (Å²) in [5.41, 5.74) is -0.432. The third-order valence-electron chi connectivity index (χ3n) is 4.28. The number of nitrogens with one attached hydrogen (secondary N) is 2. The fourth-order valence-electron chi connectivity index (χ4n) is 3.13. The first-order chi connectivity index (χ1) is 10.8. The van der Waals surface area contributed by atoms with Gasteiger partial charge in [0.2, 0.25) is 11.8 Å². The zero-order valence-corrected chi connectivity index (χ0v) is 14.2. The number of amides is 2. The highest BCUT2D eigenvalue weighted by molar-refractivity contribution is 5.85. The number of carbonyl (C=O) groups excluding carboxylic acids is 2. The molecule has 1 rings (SSSR count). The van der Waals surface area contributed by atoms with Crippen LogP contribution < -0.4 is 10.6 Å². The second kappa shape index (κ2) is 9.50. The third-order valence-corrected chi connectivity index (χ3v) is 4.28. The van der Waals surface area contributed by atoms with E-state index in [0.717, 1.165) is 38.6 Å². The minimum atomic E-state index is -0.863. The fourth-order valence-corrected chi connectivity index (χ4v) is 3.13. The molecule has 1 saturated carbocycles. The van der Waals surface area contributed by atoms with Crippen LogP contribution in [0.15, 0.2) is 0 Å². The number of carboxylic acid groups (broad SMARTS) is 1. The summed E-state index contributed by atoms with van der Waals surface area (Å²) in [5, 5.41) is 14.4. The lowest BCUT2D eigenvalue weighted by Gasteiger charge is -2.26. The highest BCUT2D eigenvalue weighted by Gasteiger charge is 2.37. The summed E-state index contributed by atoms with van der Waals surface area (Å²) >= 11 is 0. The van der Waals surface area contributed by atoms with Gasteiger partial charge in [-0.3, -0.25) is 14.4 Å². The molecule has 1 aliphatic rings. The molecule has 132 valence electrons. The fraction of sp³-hybridized carbons (Fsp3) is 0.812. The molecule has 0 atom stereocenters. The molecule has 1 aliphatic carbocycles. The minimum Gasteiger partial charge on any atom is -0.481 e. The van der Waals surface area contributed by atoms with Gasteiger partial charge in [0.05, 0.1) is 13.0 Å². The maximum absolute atomic E-state index is 12.0. The zero-order valence-electron chi connectivity index (χ0n) is 14.2. The van der Waals surface area contributed by atoms with E-state index in [1.165, 1.54) is 0 Å². The van der Waals surface area contributed by atoms with E-state index in [2.05, 4.69) is 10.6 Å². The number of rotatable bonds is 10. The number of aliphatic carboxylic acids is 1. The largest absolute Gasteiger partial charge is 0.481 e. The molecule has 0 aromatic rings. The Labute approximate surface area is 137 Å². The van der Waals surface area contributed by atoms with Crippen LogP contribution in [0.4, 0.5) is 0 Å². The van der Waals surface area contributed by atoms with Crippen molar-refractivity contribution < 1.29 is 19.5 Å². The molecule has 23 heavy (non-hydrogen) atoms. The van der Waals surface area contributed by atoms with Crippen molar-refractivity contribution in [3.63, 3.8) is 0 Å². The Morgan fingerprint density at radius 2 is 1.70 bits per heavy atom. The Balaban J connectivity index is 2.27. The molecule has 7 nitrogen and oxygen atoms in total. The van der Waals surface area contributed by atoms with Crippen LogP contribution in [0.1, 0.15) is 44.9 Å². The lowest BCUT2D eigenvalue weighted by Crippen LogP contribution is -2.39. The summed E-state index contributed by atoms with van der Waals surface area (Å²) in [6.07, 6.45) is 4.53. The topological polar surface area (TPSA) is 98.7 Å².